The molecule has 1 aromatic rings. The van der Waals surface area contributed by atoms with Crippen LogP contribution in [0.4, 0.5) is 5.69 Å². The maximum atomic E-state index is 14.2. The third kappa shape index (κ3) is 7.52. The Hall–Kier alpha value is -2.85. The van der Waals surface area contributed by atoms with Gasteiger partial charge in [-0.1, -0.05) is 20.8 Å². The van der Waals surface area contributed by atoms with E-state index in [1.165, 1.54) is 0 Å². The van der Waals surface area contributed by atoms with Gasteiger partial charge in [-0.25, -0.2) is 0 Å². The zero-order valence-electron chi connectivity index (χ0n) is 25.8. The molecule has 3 rings (SSSR count). The van der Waals surface area contributed by atoms with Gasteiger partial charge in [0.1, 0.15) is 5.75 Å². The maximum Gasteiger partial charge on any atom is 0.270 e. The Balaban J connectivity index is 0.00000588. The van der Waals surface area contributed by atoms with Crippen molar-refractivity contribution >= 4 is 41.7 Å². The molecule has 41 heavy (non-hydrogen) atoms. The summed E-state index contributed by atoms with van der Waals surface area (Å²) in [6.45, 7) is 16.5. The molecule has 0 saturated carbocycles. The van der Waals surface area contributed by atoms with Crippen LogP contribution in [0.1, 0.15) is 83.7 Å². The van der Waals surface area contributed by atoms with Crippen LogP contribution in [0.25, 0.3) is 0 Å². The number of carbonyl (C=O) groups is 4. The summed E-state index contributed by atoms with van der Waals surface area (Å²) in [5.41, 5.74) is 6.82. The van der Waals surface area contributed by atoms with E-state index in [4.69, 9.17) is 10.5 Å². The van der Waals surface area contributed by atoms with Gasteiger partial charge in [0.05, 0.1) is 11.7 Å². The number of hydrogen-bond donors (Lipinski definition) is 2. The van der Waals surface area contributed by atoms with Crippen LogP contribution in [0, 0.1) is 12.8 Å². The van der Waals surface area contributed by atoms with E-state index in [2.05, 4.69) is 5.32 Å². The molecule has 3 N–H and O–H groups in total. The standard InChI is InChI=1S/C30H47N5O5.ClH/c1-9-25(36)32-12-14-34-23-16-22(20(6)15-24(23)40-30(7,8)29(34)39)27(37)35(19(4)5)21-11-10-13-33(17-21)28(38)26(31)18(2)3;/h15-16,18-19,21,26H,9-14,17,31H2,1-8H3,(H,32,36);1H/t21-,26-;/m1./s1. The van der Waals surface area contributed by atoms with Crippen LogP contribution in [-0.2, 0) is 14.4 Å². The Labute approximate surface area is 250 Å². The molecule has 2 heterocycles. The number of fused-ring (bicyclic) bond motifs is 1. The van der Waals surface area contributed by atoms with Gasteiger partial charge in [0.15, 0.2) is 5.60 Å². The van der Waals surface area contributed by atoms with Gasteiger partial charge in [-0.05, 0) is 71.1 Å². The van der Waals surface area contributed by atoms with E-state index in [1.807, 2.05) is 45.6 Å². The van der Waals surface area contributed by atoms with Gasteiger partial charge >= 0.3 is 0 Å². The molecule has 0 aliphatic carbocycles. The number of halogens is 1. The summed E-state index contributed by atoms with van der Waals surface area (Å²) in [5.74, 6) is -0.0154. The highest BCUT2D eigenvalue weighted by atomic mass is 35.5. The molecule has 2 aliphatic rings. The molecule has 0 bridgehead atoms. The lowest BCUT2D eigenvalue weighted by atomic mass is 9.96. The molecule has 0 unspecified atom stereocenters. The first-order chi connectivity index (χ1) is 18.7. The van der Waals surface area contributed by atoms with E-state index >= 15 is 0 Å². The van der Waals surface area contributed by atoms with Crippen molar-refractivity contribution in [3.8, 4) is 5.75 Å². The normalized spacial score (nSPS) is 18.8. The van der Waals surface area contributed by atoms with Crippen LogP contribution in [0.15, 0.2) is 12.1 Å². The molecular formula is C30H48ClN5O5. The average molecular weight is 594 g/mol. The fraction of sp³-hybridized carbons (Fsp3) is 0.667. The Kier molecular flexibility index (Phi) is 11.6. The van der Waals surface area contributed by atoms with Crippen molar-refractivity contribution in [1.29, 1.82) is 0 Å². The second-order valence-electron chi connectivity index (χ2n) is 12.1. The van der Waals surface area contributed by atoms with Crippen molar-refractivity contribution in [1.82, 2.24) is 15.1 Å². The number of nitrogens with zero attached hydrogens (tertiary/aromatic N) is 3. The summed E-state index contributed by atoms with van der Waals surface area (Å²) in [6, 6.07) is 2.71. The summed E-state index contributed by atoms with van der Waals surface area (Å²) in [5, 5.41) is 2.82. The summed E-state index contributed by atoms with van der Waals surface area (Å²) >= 11 is 0. The molecule has 11 heteroatoms. The molecule has 230 valence electrons. The number of nitrogens with two attached hydrogens (primary N) is 1. The predicted octanol–water partition coefficient (Wildman–Crippen LogP) is 3.27. The maximum absolute atomic E-state index is 14.2. The summed E-state index contributed by atoms with van der Waals surface area (Å²) in [6.07, 6.45) is 1.93. The number of ether oxygens (including phenoxy) is 1. The van der Waals surface area contributed by atoms with E-state index in [0.29, 0.717) is 36.5 Å². The first-order valence-corrected chi connectivity index (χ1v) is 14.5. The largest absolute Gasteiger partial charge is 0.476 e. The number of carbonyl (C=O) groups excluding carboxylic acids is 4. The minimum Gasteiger partial charge on any atom is -0.476 e. The zero-order valence-corrected chi connectivity index (χ0v) is 26.6. The zero-order chi connectivity index (χ0) is 29.9. The lowest BCUT2D eigenvalue weighted by Crippen LogP contribution is -2.57. The predicted molar refractivity (Wildman–Crippen MR) is 163 cm³/mol. The third-order valence-electron chi connectivity index (χ3n) is 7.83. The van der Waals surface area contributed by atoms with Crippen molar-refractivity contribution in [2.45, 2.75) is 98.4 Å². The number of piperidine rings is 1. The fourth-order valence-electron chi connectivity index (χ4n) is 5.44. The smallest absolute Gasteiger partial charge is 0.270 e. The number of hydrogen-bond acceptors (Lipinski definition) is 6. The van der Waals surface area contributed by atoms with Crippen LogP contribution in [0.2, 0.25) is 0 Å². The monoisotopic (exact) mass is 593 g/mol. The second kappa shape index (κ2) is 13.9. The minimum atomic E-state index is -1.08. The van der Waals surface area contributed by atoms with Gasteiger partial charge in [-0.2, -0.15) is 0 Å². The average Bonchev–Trinajstić information content (AvgIpc) is 2.89. The number of aryl methyl sites for hydroxylation is 1. The van der Waals surface area contributed by atoms with E-state index < -0.39 is 11.6 Å². The van der Waals surface area contributed by atoms with E-state index in [0.717, 1.165) is 18.4 Å². The lowest BCUT2D eigenvalue weighted by molar-refractivity contribution is -0.135. The lowest BCUT2D eigenvalue weighted by Gasteiger charge is -2.43. The van der Waals surface area contributed by atoms with Crippen molar-refractivity contribution in [3.05, 3.63) is 23.3 Å². The Morgan fingerprint density at radius 1 is 1.20 bits per heavy atom. The van der Waals surface area contributed by atoms with Crippen LogP contribution in [-0.4, -0.2) is 83.3 Å². The molecule has 0 radical (unpaired) electrons. The van der Waals surface area contributed by atoms with Gasteiger partial charge in [-0.15, -0.1) is 12.4 Å². The molecule has 1 aromatic carbocycles. The van der Waals surface area contributed by atoms with Crippen LogP contribution >= 0.6 is 12.4 Å². The quantitative estimate of drug-likeness (QED) is 0.453. The van der Waals surface area contributed by atoms with Crippen LogP contribution < -0.4 is 20.7 Å². The number of anilines is 1. The number of nitrogens with one attached hydrogen (secondary N) is 1. The SMILES string of the molecule is CCC(=O)NCCN1C(=O)C(C)(C)Oc2cc(C)c(C(=O)N(C(C)C)[C@@H]3CCCN(C(=O)[C@H](N)C(C)C)C3)cc21.Cl. The van der Waals surface area contributed by atoms with Gasteiger partial charge in [-0.3, -0.25) is 19.2 Å². The first kappa shape index (κ1) is 34.4. The molecule has 0 aromatic heterocycles. The molecule has 4 amide bonds. The molecule has 2 atom stereocenters. The van der Waals surface area contributed by atoms with Crippen LogP contribution in [0.3, 0.4) is 0 Å². The molecular weight excluding hydrogens is 546 g/mol. The van der Waals surface area contributed by atoms with E-state index in [-0.39, 0.29) is 67.1 Å². The van der Waals surface area contributed by atoms with E-state index in [9.17, 15) is 19.2 Å². The third-order valence-corrected chi connectivity index (χ3v) is 7.83. The van der Waals surface area contributed by atoms with Gasteiger partial charge in [0.2, 0.25) is 11.8 Å². The molecule has 10 nitrogen and oxygen atoms in total. The van der Waals surface area contributed by atoms with E-state index in [1.54, 1.807) is 36.6 Å². The molecule has 2 aliphatic heterocycles. The second-order valence-corrected chi connectivity index (χ2v) is 12.1. The number of rotatable bonds is 9. The highest BCUT2D eigenvalue weighted by Crippen LogP contribution is 2.40. The Morgan fingerprint density at radius 2 is 1.85 bits per heavy atom. The van der Waals surface area contributed by atoms with Crippen LogP contribution in [0.5, 0.6) is 5.75 Å². The summed E-state index contributed by atoms with van der Waals surface area (Å²) in [4.78, 5) is 57.6. The van der Waals surface area contributed by atoms with Gasteiger partial charge in [0.25, 0.3) is 11.8 Å². The fourth-order valence-corrected chi connectivity index (χ4v) is 5.44. The number of likely N-dealkylation sites (tertiary alicyclic amines) is 1. The van der Waals surface area contributed by atoms with Crippen molar-refractivity contribution in [2.24, 2.45) is 11.7 Å². The summed E-state index contributed by atoms with van der Waals surface area (Å²) < 4.78 is 6.07. The van der Waals surface area contributed by atoms with Gasteiger partial charge in [0, 0.05) is 50.2 Å². The van der Waals surface area contributed by atoms with Crippen molar-refractivity contribution in [2.75, 3.05) is 31.1 Å². The summed E-state index contributed by atoms with van der Waals surface area (Å²) in [7, 11) is 0. The van der Waals surface area contributed by atoms with Gasteiger partial charge < -0.3 is 30.5 Å². The Morgan fingerprint density at radius 3 is 2.44 bits per heavy atom. The van der Waals surface area contributed by atoms with Crippen molar-refractivity contribution in [3.63, 3.8) is 0 Å². The van der Waals surface area contributed by atoms with Crippen molar-refractivity contribution < 1.29 is 23.9 Å². The number of benzene rings is 1. The topological polar surface area (TPSA) is 125 Å². The molecule has 1 saturated heterocycles. The first-order valence-electron chi connectivity index (χ1n) is 14.5. The number of amides is 4. The Bertz CT molecular complexity index is 1140. The highest BCUT2D eigenvalue weighted by molar-refractivity contribution is 6.05. The molecule has 1 fully saturated rings. The molecule has 0 spiro atoms. The highest BCUT2D eigenvalue weighted by Gasteiger charge is 2.42. The minimum absolute atomic E-state index is 0.